The molecule has 0 aliphatic heterocycles. The summed E-state index contributed by atoms with van der Waals surface area (Å²) < 4.78 is 10.5. The Bertz CT molecular complexity index is 418. The summed E-state index contributed by atoms with van der Waals surface area (Å²) in [5.41, 5.74) is 1.13. The molecule has 0 radical (unpaired) electrons. The first-order valence-corrected chi connectivity index (χ1v) is 5.93. The molecule has 18 heavy (non-hydrogen) atoms. The Morgan fingerprint density at radius 1 is 1.28 bits per heavy atom. The Hall–Kier alpha value is -1.71. The third kappa shape index (κ3) is 3.39. The summed E-state index contributed by atoms with van der Waals surface area (Å²) in [6.45, 7) is 4.34. The molecule has 0 bridgehead atoms. The molecule has 1 aromatic carbocycles. The minimum Gasteiger partial charge on any atom is -0.493 e. The highest BCUT2D eigenvalue weighted by Gasteiger charge is 2.13. The largest absolute Gasteiger partial charge is 0.493 e. The minimum absolute atomic E-state index is 0.0716. The molecule has 0 aliphatic rings. The average Bonchev–Trinajstić information content (AvgIpc) is 2.37. The zero-order valence-corrected chi connectivity index (χ0v) is 11.7. The van der Waals surface area contributed by atoms with Crippen molar-refractivity contribution in [2.75, 3.05) is 27.8 Å². The van der Waals surface area contributed by atoms with E-state index in [1.165, 1.54) is 0 Å². The van der Waals surface area contributed by atoms with E-state index in [0.29, 0.717) is 18.0 Å². The minimum atomic E-state index is 0.0716. The Kier molecular flexibility index (Phi) is 5.01. The van der Waals surface area contributed by atoms with Gasteiger partial charge in [-0.3, -0.25) is 4.79 Å². The van der Waals surface area contributed by atoms with E-state index >= 15 is 0 Å². The number of likely N-dealkylation sites (N-methyl/N-ethyl adjacent to an activating group) is 1. The molecule has 1 atom stereocenters. The number of carbonyl (C=O) groups excluding carboxylic acids is 1. The average molecular weight is 251 g/mol. The summed E-state index contributed by atoms with van der Waals surface area (Å²) in [5, 5.41) is 0. The fourth-order valence-electron chi connectivity index (χ4n) is 1.80. The van der Waals surface area contributed by atoms with E-state index < -0.39 is 0 Å². The van der Waals surface area contributed by atoms with Gasteiger partial charge < -0.3 is 14.4 Å². The van der Waals surface area contributed by atoms with E-state index in [9.17, 15) is 4.79 Å². The van der Waals surface area contributed by atoms with Gasteiger partial charge in [0.2, 0.25) is 5.91 Å². The second-order valence-electron chi connectivity index (χ2n) is 4.42. The van der Waals surface area contributed by atoms with Crippen molar-refractivity contribution in [3.8, 4) is 11.5 Å². The maximum atomic E-state index is 11.2. The number of amides is 1. The first kappa shape index (κ1) is 14.4. The van der Waals surface area contributed by atoms with Crippen LogP contribution in [0.25, 0.3) is 0 Å². The van der Waals surface area contributed by atoms with Gasteiger partial charge in [0.1, 0.15) is 0 Å². The van der Waals surface area contributed by atoms with Crippen LogP contribution < -0.4 is 9.47 Å². The fraction of sp³-hybridized carbons (Fsp3) is 0.500. The van der Waals surface area contributed by atoms with Gasteiger partial charge in [-0.15, -0.1) is 0 Å². The number of nitrogens with zero attached hydrogens (tertiary/aromatic N) is 1. The molecule has 0 aliphatic carbocycles. The second-order valence-corrected chi connectivity index (χ2v) is 4.42. The SMILES string of the molecule is COc1ccc([C@@H](C)CN(C)C(C)=O)cc1OC. The van der Waals surface area contributed by atoms with Gasteiger partial charge in [-0.1, -0.05) is 13.0 Å². The van der Waals surface area contributed by atoms with Gasteiger partial charge in [0, 0.05) is 20.5 Å². The van der Waals surface area contributed by atoms with E-state index in [0.717, 1.165) is 5.56 Å². The standard InChI is InChI=1S/C14H21NO3/c1-10(9-15(3)11(2)16)12-6-7-13(17-4)14(8-12)18-5/h6-8,10H,9H2,1-5H3/t10-/m0/s1. The summed E-state index contributed by atoms with van der Waals surface area (Å²) in [7, 11) is 5.04. The predicted molar refractivity (Wildman–Crippen MR) is 71.3 cm³/mol. The topological polar surface area (TPSA) is 38.8 Å². The van der Waals surface area contributed by atoms with Gasteiger partial charge in [-0.05, 0) is 23.6 Å². The molecule has 4 heteroatoms. The predicted octanol–water partition coefficient (Wildman–Crippen LogP) is 2.29. The molecule has 100 valence electrons. The molecule has 0 saturated heterocycles. The maximum Gasteiger partial charge on any atom is 0.219 e. The lowest BCUT2D eigenvalue weighted by Gasteiger charge is -2.21. The number of methoxy groups -OCH3 is 2. The fourth-order valence-corrected chi connectivity index (χ4v) is 1.80. The molecule has 0 spiro atoms. The van der Waals surface area contributed by atoms with Crippen LogP contribution in [-0.2, 0) is 4.79 Å². The molecule has 0 fully saturated rings. The van der Waals surface area contributed by atoms with Crippen molar-refractivity contribution in [1.29, 1.82) is 0 Å². The van der Waals surface area contributed by atoms with Crippen LogP contribution in [0.3, 0.4) is 0 Å². The Morgan fingerprint density at radius 2 is 1.89 bits per heavy atom. The lowest BCUT2D eigenvalue weighted by molar-refractivity contribution is -0.127. The van der Waals surface area contributed by atoms with Crippen LogP contribution in [0.2, 0.25) is 0 Å². The molecular weight excluding hydrogens is 230 g/mol. The number of hydrogen-bond donors (Lipinski definition) is 0. The van der Waals surface area contributed by atoms with Crippen LogP contribution in [0.4, 0.5) is 0 Å². The van der Waals surface area contributed by atoms with Crippen molar-refractivity contribution in [3.63, 3.8) is 0 Å². The first-order valence-electron chi connectivity index (χ1n) is 5.93. The van der Waals surface area contributed by atoms with E-state index in [4.69, 9.17) is 9.47 Å². The molecule has 0 unspecified atom stereocenters. The molecule has 0 heterocycles. The highest BCUT2D eigenvalue weighted by atomic mass is 16.5. The maximum absolute atomic E-state index is 11.2. The van der Waals surface area contributed by atoms with E-state index in [1.807, 2.05) is 18.2 Å². The van der Waals surface area contributed by atoms with Gasteiger partial charge in [0.25, 0.3) is 0 Å². The summed E-state index contributed by atoms with van der Waals surface area (Å²) in [5.74, 6) is 1.75. The van der Waals surface area contributed by atoms with Gasteiger partial charge in [0.15, 0.2) is 11.5 Å². The van der Waals surface area contributed by atoms with Crippen molar-refractivity contribution < 1.29 is 14.3 Å². The van der Waals surface area contributed by atoms with E-state index in [-0.39, 0.29) is 11.8 Å². The van der Waals surface area contributed by atoms with Gasteiger partial charge in [-0.25, -0.2) is 0 Å². The second kappa shape index (κ2) is 6.28. The van der Waals surface area contributed by atoms with Crippen molar-refractivity contribution >= 4 is 5.91 Å². The van der Waals surface area contributed by atoms with Crippen molar-refractivity contribution in [3.05, 3.63) is 23.8 Å². The third-order valence-corrected chi connectivity index (χ3v) is 3.06. The molecule has 0 saturated carbocycles. The third-order valence-electron chi connectivity index (χ3n) is 3.06. The molecule has 1 amide bonds. The lowest BCUT2D eigenvalue weighted by atomic mass is 10.00. The number of rotatable bonds is 5. The smallest absolute Gasteiger partial charge is 0.219 e. The zero-order chi connectivity index (χ0) is 13.7. The molecule has 1 aromatic rings. The van der Waals surface area contributed by atoms with Crippen LogP contribution in [0.5, 0.6) is 11.5 Å². The highest BCUT2D eigenvalue weighted by Crippen LogP contribution is 2.30. The van der Waals surface area contributed by atoms with E-state index in [1.54, 1.807) is 33.1 Å². The van der Waals surface area contributed by atoms with Crippen LogP contribution in [0.15, 0.2) is 18.2 Å². The number of ether oxygens (including phenoxy) is 2. The van der Waals surface area contributed by atoms with Gasteiger partial charge >= 0.3 is 0 Å². The van der Waals surface area contributed by atoms with Crippen molar-refractivity contribution in [1.82, 2.24) is 4.90 Å². The Labute approximate surface area is 108 Å². The molecule has 1 rings (SSSR count). The summed E-state index contributed by atoms with van der Waals surface area (Å²) >= 11 is 0. The van der Waals surface area contributed by atoms with Crippen LogP contribution in [-0.4, -0.2) is 38.6 Å². The number of hydrogen-bond acceptors (Lipinski definition) is 3. The van der Waals surface area contributed by atoms with Crippen LogP contribution in [0, 0.1) is 0 Å². The van der Waals surface area contributed by atoms with E-state index in [2.05, 4.69) is 6.92 Å². The Balaban J connectivity index is 2.86. The molecular formula is C14H21NO3. The lowest BCUT2D eigenvalue weighted by Crippen LogP contribution is -2.27. The monoisotopic (exact) mass is 251 g/mol. The number of benzene rings is 1. The normalized spacial score (nSPS) is 11.8. The summed E-state index contributed by atoms with van der Waals surface area (Å²) in [6.07, 6.45) is 0. The van der Waals surface area contributed by atoms with Crippen molar-refractivity contribution in [2.45, 2.75) is 19.8 Å². The Morgan fingerprint density at radius 3 is 2.39 bits per heavy atom. The number of carbonyl (C=O) groups is 1. The quantitative estimate of drug-likeness (QED) is 0.806. The highest BCUT2D eigenvalue weighted by molar-refractivity contribution is 5.72. The summed E-state index contributed by atoms with van der Waals surface area (Å²) in [4.78, 5) is 12.9. The summed E-state index contributed by atoms with van der Waals surface area (Å²) in [6, 6.07) is 5.84. The van der Waals surface area contributed by atoms with Crippen molar-refractivity contribution in [2.24, 2.45) is 0 Å². The van der Waals surface area contributed by atoms with Crippen LogP contribution >= 0.6 is 0 Å². The first-order chi connectivity index (χ1) is 8.49. The molecule has 4 nitrogen and oxygen atoms in total. The van der Waals surface area contributed by atoms with Gasteiger partial charge in [0.05, 0.1) is 14.2 Å². The van der Waals surface area contributed by atoms with Crippen LogP contribution in [0.1, 0.15) is 25.3 Å². The zero-order valence-electron chi connectivity index (χ0n) is 11.7. The van der Waals surface area contributed by atoms with Gasteiger partial charge in [-0.2, -0.15) is 0 Å². The molecule has 0 aromatic heterocycles. The molecule has 0 N–H and O–H groups in total.